The zero-order valence-corrected chi connectivity index (χ0v) is 14.9. The molecule has 0 bridgehead atoms. The van der Waals surface area contributed by atoms with Crippen molar-refractivity contribution in [3.05, 3.63) is 46.6 Å². The number of hydrogen-bond acceptors (Lipinski definition) is 5. The van der Waals surface area contributed by atoms with E-state index in [0.29, 0.717) is 16.5 Å². The van der Waals surface area contributed by atoms with E-state index >= 15 is 0 Å². The van der Waals surface area contributed by atoms with Crippen LogP contribution in [0.4, 0.5) is 5.82 Å². The van der Waals surface area contributed by atoms with Crippen LogP contribution in [0.15, 0.2) is 35.2 Å². The lowest BCUT2D eigenvalue weighted by Crippen LogP contribution is -2.30. The first kappa shape index (κ1) is 16.7. The summed E-state index contributed by atoms with van der Waals surface area (Å²) in [5.41, 5.74) is 5.16. The first-order valence-corrected chi connectivity index (χ1v) is 8.98. The third-order valence-corrected chi connectivity index (χ3v) is 5.12. The highest BCUT2D eigenvalue weighted by Gasteiger charge is 2.15. The lowest BCUT2D eigenvalue weighted by atomic mass is 10.2. The third-order valence-electron chi connectivity index (χ3n) is 3.60. The van der Waals surface area contributed by atoms with Gasteiger partial charge in [0.2, 0.25) is 0 Å². The van der Waals surface area contributed by atoms with Crippen molar-refractivity contribution in [1.82, 2.24) is 19.6 Å². The second-order valence-electron chi connectivity index (χ2n) is 5.42. The average molecular weight is 366 g/mol. The molecule has 3 rings (SSSR count). The van der Waals surface area contributed by atoms with Gasteiger partial charge in [0.1, 0.15) is 5.82 Å². The van der Waals surface area contributed by atoms with Crippen LogP contribution in [0.3, 0.4) is 0 Å². The Bertz CT molecular complexity index is 1010. The minimum atomic E-state index is -3.73. The van der Waals surface area contributed by atoms with E-state index in [0.717, 1.165) is 16.6 Å². The fraction of sp³-hybridized carbons (Fsp3) is 0.200. The summed E-state index contributed by atoms with van der Waals surface area (Å²) in [7, 11) is -1.93. The molecule has 24 heavy (non-hydrogen) atoms. The molecule has 0 aliphatic heterocycles. The van der Waals surface area contributed by atoms with E-state index in [-0.39, 0.29) is 4.90 Å². The van der Waals surface area contributed by atoms with Crippen molar-refractivity contribution in [1.29, 1.82) is 0 Å². The number of aromatic nitrogens is 3. The van der Waals surface area contributed by atoms with Gasteiger partial charge in [0.05, 0.1) is 10.6 Å². The van der Waals surface area contributed by atoms with Crippen molar-refractivity contribution < 1.29 is 8.42 Å². The number of benzene rings is 1. The SMILES string of the molecule is Cc1cc(NNS(=O)(=O)c2ccc(Cl)cc2)nc2c1c(C)nn2C. The van der Waals surface area contributed by atoms with Gasteiger partial charge in [0.25, 0.3) is 10.0 Å². The Morgan fingerprint density at radius 1 is 1.17 bits per heavy atom. The standard InChI is InChI=1S/C15H16ClN5O2S/c1-9-8-13(17-15-14(9)10(2)19-21(15)3)18-20-24(22,23)12-6-4-11(16)5-7-12/h4-8,20H,1-3H3,(H,17,18). The summed E-state index contributed by atoms with van der Waals surface area (Å²) in [6.45, 7) is 3.84. The van der Waals surface area contributed by atoms with E-state index in [9.17, 15) is 8.42 Å². The van der Waals surface area contributed by atoms with Gasteiger partial charge in [-0.05, 0) is 49.7 Å². The van der Waals surface area contributed by atoms with Gasteiger partial charge in [-0.2, -0.15) is 5.10 Å². The molecule has 2 aromatic heterocycles. The number of fused-ring (bicyclic) bond motifs is 1. The van der Waals surface area contributed by atoms with E-state index in [1.807, 2.05) is 13.8 Å². The quantitative estimate of drug-likeness (QED) is 0.693. The molecule has 0 amide bonds. The maximum absolute atomic E-state index is 12.3. The van der Waals surface area contributed by atoms with Crippen LogP contribution < -0.4 is 10.3 Å². The highest BCUT2D eigenvalue weighted by Crippen LogP contribution is 2.22. The monoisotopic (exact) mass is 365 g/mol. The summed E-state index contributed by atoms with van der Waals surface area (Å²) in [5.74, 6) is 0.389. The minimum Gasteiger partial charge on any atom is -0.292 e. The van der Waals surface area contributed by atoms with Crippen LogP contribution in [-0.2, 0) is 17.1 Å². The van der Waals surface area contributed by atoms with Crippen molar-refractivity contribution in [3.63, 3.8) is 0 Å². The van der Waals surface area contributed by atoms with Crippen molar-refractivity contribution >= 4 is 38.5 Å². The number of rotatable bonds is 4. The fourth-order valence-electron chi connectivity index (χ4n) is 2.52. The Kier molecular flexibility index (Phi) is 4.20. The van der Waals surface area contributed by atoms with Crippen LogP contribution >= 0.6 is 11.6 Å². The average Bonchev–Trinajstić information content (AvgIpc) is 2.81. The molecule has 2 heterocycles. The second-order valence-corrected chi connectivity index (χ2v) is 7.54. The third kappa shape index (κ3) is 3.08. The normalized spacial score (nSPS) is 11.8. The summed E-state index contributed by atoms with van der Waals surface area (Å²) in [6.07, 6.45) is 0. The Labute approximate surface area is 144 Å². The molecule has 9 heteroatoms. The maximum Gasteiger partial charge on any atom is 0.257 e. The lowest BCUT2D eigenvalue weighted by molar-refractivity contribution is 0.587. The van der Waals surface area contributed by atoms with E-state index in [4.69, 9.17) is 11.6 Å². The van der Waals surface area contributed by atoms with Crippen LogP contribution in [0.25, 0.3) is 11.0 Å². The molecule has 0 unspecified atom stereocenters. The second kappa shape index (κ2) is 6.04. The molecular weight excluding hydrogens is 350 g/mol. The highest BCUT2D eigenvalue weighted by atomic mass is 35.5. The van der Waals surface area contributed by atoms with Gasteiger partial charge in [0.15, 0.2) is 5.65 Å². The maximum atomic E-state index is 12.3. The van der Waals surface area contributed by atoms with Crippen LogP contribution in [-0.4, -0.2) is 23.2 Å². The first-order chi connectivity index (χ1) is 11.3. The molecule has 0 saturated carbocycles. The number of hydrazine groups is 1. The van der Waals surface area contributed by atoms with E-state index in [1.54, 1.807) is 17.8 Å². The number of sulfonamides is 1. The highest BCUT2D eigenvalue weighted by molar-refractivity contribution is 7.89. The molecule has 0 atom stereocenters. The van der Waals surface area contributed by atoms with Crippen molar-refractivity contribution in [2.75, 3.05) is 5.43 Å². The molecule has 0 spiro atoms. The Morgan fingerprint density at radius 2 is 1.83 bits per heavy atom. The topological polar surface area (TPSA) is 88.9 Å². The van der Waals surface area contributed by atoms with Crippen LogP contribution in [0, 0.1) is 13.8 Å². The molecule has 126 valence electrons. The van der Waals surface area contributed by atoms with Gasteiger partial charge < -0.3 is 0 Å². The zero-order valence-electron chi connectivity index (χ0n) is 13.3. The Balaban J connectivity index is 1.88. The number of pyridine rings is 1. The molecule has 0 fully saturated rings. The minimum absolute atomic E-state index is 0.105. The van der Waals surface area contributed by atoms with Crippen LogP contribution in [0.1, 0.15) is 11.3 Å². The number of anilines is 1. The Hall–Kier alpha value is -2.16. The van der Waals surface area contributed by atoms with Crippen molar-refractivity contribution in [2.24, 2.45) is 7.05 Å². The number of aryl methyl sites for hydroxylation is 3. The predicted octanol–water partition coefficient (Wildman–Crippen LogP) is 2.54. The molecular formula is C15H16ClN5O2S. The fourth-order valence-corrected chi connectivity index (χ4v) is 3.49. The summed E-state index contributed by atoms with van der Waals surface area (Å²) in [6, 6.07) is 7.66. The molecule has 0 aliphatic rings. The van der Waals surface area contributed by atoms with Gasteiger partial charge >= 0.3 is 0 Å². The van der Waals surface area contributed by atoms with Crippen LogP contribution in [0.5, 0.6) is 0 Å². The molecule has 0 radical (unpaired) electrons. The summed E-state index contributed by atoms with van der Waals surface area (Å²) in [5, 5.41) is 5.76. The Morgan fingerprint density at radius 3 is 2.50 bits per heavy atom. The van der Waals surface area contributed by atoms with Gasteiger partial charge in [-0.15, -0.1) is 4.83 Å². The first-order valence-electron chi connectivity index (χ1n) is 7.12. The predicted molar refractivity (Wildman–Crippen MR) is 93.4 cm³/mol. The number of halogens is 1. The van der Waals surface area contributed by atoms with Crippen molar-refractivity contribution in [3.8, 4) is 0 Å². The van der Waals surface area contributed by atoms with E-state index in [2.05, 4.69) is 20.3 Å². The molecule has 1 aromatic carbocycles. The summed E-state index contributed by atoms with van der Waals surface area (Å²) in [4.78, 5) is 6.83. The molecule has 2 N–H and O–H groups in total. The number of hydrogen-bond donors (Lipinski definition) is 2. The van der Waals surface area contributed by atoms with E-state index in [1.165, 1.54) is 24.3 Å². The molecule has 3 aromatic rings. The van der Waals surface area contributed by atoms with Gasteiger partial charge in [0, 0.05) is 17.5 Å². The summed E-state index contributed by atoms with van der Waals surface area (Å²) < 4.78 is 26.2. The van der Waals surface area contributed by atoms with Crippen LogP contribution in [0.2, 0.25) is 5.02 Å². The number of nitrogens with one attached hydrogen (secondary N) is 2. The van der Waals surface area contributed by atoms with E-state index < -0.39 is 10.0 Å². The zero-order chi connectivity index (χ0) is 17.5. The van der Waals surface area contributed by atoms with Gasteiger partial charge in [-0.25, -0.2) is 13.4 Å². The largest absolute Gasteiger partial charge is 0.292 e. The molecule has 0 saturated heterocycles. The lowest BCUT2D eigenvalue weighted by Gasteiger charge is -2.10. The van der Waals surface area contributed by atoms with Crippen molar-refractivity contribution in [2.45, 2.75) is 18.7 Å². The van der Waals surface area contributed by atoms with Gasteiger partial charge in [-0.3, -0.25) is 10.1 Å². The molecule has 0 aliphatic carbocycles. The molecule has 7 nitrogen and oxygen atoms in total. The number of nitrogens with zero attached hydrogens (tertiary/aromatic N) is 3. The smallest absolute Gasteiger partial charge is 0.257 e. The summed E-state index contributed by atoms with van der Waals surface area (Å²) >= 11 is 5.78. The van der Waals surface area contributed by atoms with Gasteiger partial charge in [-0.1, -0.05) is 11.6 Å².